The van der Waals surface area contributed by atoms with E-state index >= 15 is 0 Å². The van der Waals surface area contributed by atoms with Gasteiger partial charge in [-0.1, -0.05) is 29.3 Å². The molecule has 1 aliphatic heterocycles. The summed E-state index contributed by atoms with van der Waals surface area (Å²) in [5.41, 5.74) is 0.954. The van der Waals surface area contributed by atoms with Crippen LogP contribution >= 0.6 is 23.2 Å². The van der Waals surface area contributed by atoms with Crippen LogP contribution in [0.4, 0.5) is 0 Å². The van der Waals surface area contributed by atoms with E-state index < -0.39 is 0 Å². The molecule has 1 saturated heterocycles. The van der Waals surface area contributed by atoms with E-state index in [1.807, 2.05) is 18.2 Å². The van der Waals surface area contributed by atoms with E-state index in [1.54, 1.807) is 0 Å². The van der Waals surface area contributed by atoms with Gasteiger partial charge in [0.05, 0.1) is 6.10 Å². The van der Waals surface area contributed by atoms with Crippen LogP contribution in [0.1, 0.15) is 12.0 Å². The molecule has 1 unspecified atom stereocenters. The van der Waals surface area contributed by atoms with Crippen molar-refractivity contribution in [3.63, 3.8) is 0 Å². The highest BCUT2D eigenvalue weighted by Gasteiger charge is 2.21. The number of rotatable bonds is 2. The Balaban J connectivity index is 2.10. The van der Waals surface area contributed by atoms with Gasteiger partial charge in [0.2, 0.25) is 0 Å². The molecule has 0 aliphatic carbocycles. The number of β-amino-alcohol motifs (C(OH)–C–C–N with tert-alkyl or cyclic N) is 1. The molecule has 0 saturated carbocycles. The maximum Gasteiger partial charge on any atom is 0.0679 e. The Bertz CT molecular complexity index is 336. The molecule has 0 bridgehead atoms. The molecule has 1 atom stereocenters. The molecule has 0 aromatic heterocycles. The van der Waals surface area contributed by atoms with Crippen molar-refractivity contribution < 1.29 is 5.11 Å². The molecule has 1 N–H and O–H groups in total. The number of aliphatic hydroxyl groups excluding tert-OH is 1. The summed E-state index contributed by atoms with van der Waals surface area (Å²) >= 11 is 12.1. The first-order chi connectivity index (χ1) is 7.16. The Hall–Kier alpha value is -0.280. The van der Waals surface area contributed by atoms with E-state index in [2.05, 4.69) is 4.90 Å². The molecule has 1 aliphatic rings. The number of hydrogen-bond donors (Lipinski definition) is 1. The number of likely N-dealkylation sites (tertiary alicyclic amines) is 1. The third kappa shape index (κ3) is 2.64. The summed E-state index contributed by atoms with van der Waals surface area (Å²) in [5, 5.41) is 10.8. The van der Waals surface area contributed by atoms with Crippen LogP contribution in [-0.2, 0) is 6.54 Å². The average Bonchev–Trinajstić information content (AvgIpc) is 2.58. The number of hydrogen-bond acceptors (Lipinski definition) is 2. The molecule has 82 valence electrons. The summed E-state index contributed by atoms with van der Waals surface area (Å²) < 4.78 is 0. The smallest absolute Gasteiger partial charge is 0.0679 e. The minimum Gasteiger partial charge on any atom is -0.392 e. The Labute approximate surface area is 99.4 Å². The molecule has 4 heteroatoms. The quantitative estimate of drug-likeness (QED) is 0.866. The average molecular weight is 246 g/mol. The SMILES string of the molecule is OC1CCN(Cc2c(Cl)cccc2Cl)C1. The highest BCUT2D eigenvalue weighted by Crippen LogP contribution is 2.26. The molecular formula is C11H13Cl2NO. The third-order valence-corrected chi connectivity index (χ3v) is 3.40. The Kier molecular flexibility index (Phi) is 3.52. The van der Waals surface area contributed by atoms with E-state index in [0.717, 1.165) is 25.1 Å². The Morgan fingerprint density at radius 1 is 1.33 bits per heavy atom. The maximum absolute atomic E-state index is 9.41. The van der Waals surface area contributed by atoms with Crippen LogP contribution < -0.4 is 0 Å². The minimum atomic E-state index is -0.203. The zero-order valence-electron chi connectivity index (χ0n) is 8.29. The van der Waals surface area contributed by atoms with Crippen molar-refractivity contribution in [1.82, 2.24) is 4.90 Å². The molecule has 1 aromatic carbocycles. The first kappa shape index (κ1) is 11.2. The molecule has 1 aromatic rings. The van der Waals surface area contributed by atoms with Gasteiger partial charge in [0.15, 0.2) is 0 Å². The lowest BCUT2D eigenvalue weighted by Gasteiger charge is -2.16. The minimum absolute atomic E-state index is 0.203. The summed E-state index contributed by atoms with van der Waals surface area (Å²) in [5.74, 6) is 0. The predicted octanol–water partition coefficient (Wildman–Crippen LogP) is 2.56. The molecule has 15 heavy (non-hydrogen) atoms. The molecular weight excluding hydrogens is 233 g/mol. The summed E-state index contributed by atoms with van der Waals surface area (Å²) in [7, 11) is 0. The van der Waals surface area contributed by atoms with Crippen LogP contribution in [0.5, 0.6) is 0 Å². The molecule has 2 nitrogen and oxygen atoms in total. The van der Waals surface area contributed by atoms with Gasteiger partial charge in [-0.25, -0.2) is 0 Å². The Morgan fingerprint density at radius 2 is 2.00 bits per heavy atom. The van der Waals surface area contributed by atoms with Gasteiger partial charge in [-0.3, -0.25) is 4.90 Å². The number of nitrogens with zero attached hydrogens (tertiary/aromatic N) is 1. The fourth-order valence-corrected chi connectivity index (χ4v) is 2.38. The van der Waals surface area contributed by atoms with Gasteiger partial charge in [0, 0.05) is 35.2 Å². The van der Waals surface area contributed by atoms with Gasteiger partial charge in [-0.05, 0) is 18.6 Å². The van der Waals surface area contributed by atoms with Gasteiger partial charge in [0.25, 0.3) is 0 Å². The van der Waals surface area contributed by atoms with E-state index in [-0.39, 0.29) is 6.10 Å². The number of aliphatic hydroxyl groups is 1. The maximum atomic E-state index is 9.41. The molecule has 2 rings (SSSR count). The van der Waals surface area contributed by atoms with Crippen molar-refractivity contribution in [2.45, 2.75) is 19.1 Å². The zero-order valence-corrected chi connectivity index (χ0v) is 9.80. The van der Waals surface area contributed by atoms with E-state index in [4.69, 9.17) is 23.2 Å². The van der Waals surface area contributed by atoms with Gasteiger partial charge in [-0.15, -0.1) is 0 Å². The molecule has 0 spiro atoms. The predicted molar refractivity (Wildman–Crippen MR) is 62.4 cm³/mol. The summed E-state index contributed by atoms with van der Waals surface area (Å²) in [6.07, 6.45) is 0.633. The summed E-state index contributed by atoms with van der Waals surface area (Å²) in [4.78, 5) is 2.16. The van der Waals surface area contributed by atoms with Crippen molar-refractivity contribution in [2.75, 3.05) is 13.1 Å². The third-order valence-electron chi connectivity index (χ3n) is 2.69. The lowest BCUT2D eigenvalue weighted by Crippen LogP contribution is -2.21. The largest absolute Gasteiger partial charge is 0.392 e. The van der Waals surface area contributed by atoms with Crippen molar-refractivity contribution in [1.29, 1.82) is 0 Å². The first-order valence-electron chi connectivity index (χ1n) is 5.00. The van der Waals surface area contributed by atoms with Crippen LogP contribution in [-0.4, -0.2) is 29.2 Å². The second-order valence-electron chi connectivity index (χ2n) is 3.88. The normalized spacial score (nSPS) is 22.2. The monoisotopic (exact) mass is 245 g/mol. The highest BCUT2D eigenvalue weighted by atomic mass is 35.5. The van der Waals surface area contributed by atoms with Gasteiger partial charge in [-0.2, -0.15) is 0 Å². The summed E-state index contributed by atoms with van der Waals surface area (Å²) in [6, 6.07) is 5.53. The number of benzene rings is 1. The van der Waals surface area contributed by atoms with E-state index in [9.17, 15) is 5.11 Å². The van der Waals surface area contributed by atoms with Gasteiger partial charge >= 0.3 is 0 Å². The number of halogens is 2. The Morgan fingerprint density at radius 3 is 2.53 bits per heavy atom. The second kappa shape index (κ2) is 4.71. The molecule has 0 amide bonds. The first-order valence-corrected chi connectivity index (χ1v) is 5.75. The highest BCUT2D eigenvalue weighted by molar-refractivity contribution is 6.35. The van der Waals surface area contributed by atoms with Gasteiger partial charge in [0.1, 0.15) is 0 Å². The fraction of sp³-hybridized carbons (Fsp3) is 0.455. The van der Waals surface area contributed by atoms with E-state index in [1.165, 1.54) is 0 Å². The molecule has 1 fully saturated rings. The molecule has 0 radical (unpaired) electrons. The zero-order chi connectivity index (χ0) is 10.8. The van der Waals surface area contributed by atoms with E-state index in [0.29, 0.717) is 16.6 Å². The summed E-state index contributed by atoms with van der Waals surface area (Å²) in [6.45, 7) is 2.33. The lowest BCUT2D eigenvalue weighted by atomic mass is 10.2. The van der Waals surface area contributed by atoms with Crippen LogP contribution in [0.3, 0.4) is 0 Å². The van der Waals surface area contributed by atoms with Crippen LogP contribution in [0.15, 0.2) is 18.2 Å². The second-order valence-corrected chi connectivity index (χ2v) is 4.69. The van der Waals surface area contributed by atoms with Crippen molar-refractivity contribution in [2.24, 2.45) is 0 Å². The fourth-order valence-electron chi connectivity index (χ4n) is 1.86. The van der Waals surface area contributed by atoms with Crippen LogP contribution in [0.2, 0.25) is 10.0 Å². The van der Waals surface area contributed by atoms with Crippen LogP contribution in [0.25, 0.3) is 0 Å². The van der Waals surface area contributed by atoms with Crippen molar-refractivity contribution >= 4 is 23.2 Å². The van der Waals surface area contributed by atoms with Crippen LogP contribution in [0, 0.1) is 0 Å². The molecule has 1 heterocycles. The standard InChI is InChI=1S/C11H13Cl2NO/c12-10-2-1-3-11(13)9(10)7-14-5-4-8(15)6-14/h1-3,8,15H,4-7H2. The van der Waals surface area contributed by atoms with Crippen molar-refractivity contribution in [3.05, 3.63) is 33.8 Å². The van der Waals surface area contributed by atoms with Gasteiger partial charge < -0.3 is 5.11 Å². The van der Waals surface area contributed by atoms with Crippen molar-refractivity contribution in [3.8, 4) is 0 Å². The lowest BCUT2D eigenvalue weighted by molar-refractivity contribution is 0.175. The topological polar surface area (TPSA) is 23.5 Å².